The van der Waals surface area contributed by atoms with Gasteiger partial charge in [0, 0.05) is 25.2 Å². The average molecular weight is 257 g/mol. The molecular formula is C14H15N3O2. The number of nitrogens with one attached hydrogen (secondary N) is 1. The highest BCUT2D eigenvalue weighted by Crippen LogP contribution is 2.20. The Morgan fingerprint density at radius 3 is 2.89 bits per heavy atom. The number of nitriles is 1. The smallest absolute Gasteiger partial charge is 0.238 e. The van der Waals surface area contributed by atoms with Gasteiger partial charge < -0.3 is 10.2 Å². The fourth-order valence-electron chi connectivity index (χ4n) is 2.12. The summed E-state index contributed by atoms with van der Waals surface area (Å²) in [6.07, 6.45) is 1.32. The molecule has 1 heterocycles. The van der Waals surface area contributed by atoms with Gasteiger partial charge in [-0.3, -0.25) is 9.59 Å². The van der Waals surface area contributed by atoms with Crippen molar-refractivity contribution in [3.63, 3.8) is 0 Å². The first kappa shape index (κ1) is 13.1. The van der Waals surface area contributed by atoms with Crippen LogP contribution in [0.3, 0.4) is 0 Å². The van der Waals surface area contributed by atoms with Crippen LogP contribution in [0.1, 0.15) is 24.8 Å². The number of carbonyl (C=O) groups excluding carboxylic acids is 2. The molecule has 1 saturated heterocycles. The standard InChI is InChI=1S/C14H15N3O2/c15-8-7-13(18)16-12-5-2-1-4-11(12)10-17-9-3-6-14(17)19/h1-2,4-5H,3,6-7,9-10H2,(H,16,18). The van der Waals surface area contributed by atoms with Gasteiger partial charge in [-0.15, -0.1) is 0 Å². The molecule has 98 valence electrons. The zero-order valence-corrected chi connectivity index (χ0v) is 10.6. The third-order valence-corrected chi connectivity index (χ3v) is 3.06. The summed E-state index contributed by atoms with van der Waals surface area (Å²) in [6, 6.07) is 9.16. The van der Waals surface area contributed by atoms with Crippen LogP contribution in [-0.4, -0.2) is 23.3 Å². The third-order valence-electron chi connectivity index (χ3n) is 3.06. The summed E-state index contributed by atoms with van der Waals surface area (Å²) in [4.78, 5) is 24.8. The van der Waals surface area contributed by atoms with Gasteiger partial charge in [-0.2, -0.15) is 5.26 Å². The zero-order valence-electron chi connectivity index (χ0n) is 10.6. The van der Waals surface area contributed by atoms with E-state index in [9.17, 15) is 9.59 Å². The second kappa shape index (κ2) is 6.01. The van der Waals surface area contributed by atoms with Crippen LogP contribution < -0.4 is 5.32 Å². The highest BCUT2D eigenvalue weighted by atomic mass is 16.2. The van der Waals surface area contributed by atoms with E-state index in [0.717, 1.165) is 18.5 Å². The van der Waals surface area contributed by atoms with Crippen LogP contribution in [0.25, 0.3) is 0 Å². The van der Waals surface area contributed by atoms with Gasteiger partial charge in [-0.05, 0) is 18.1 Å². The van der Waals surface area contributed by atoms with E-state index in [-0.39, 0.29) is 18.2 Å². The van der Waals surface area contributed by atoms with Gasteiger partial charge in [0.05, 0.1) is 6.07 Å². The van der Waals surface area contributed by atoms with Gasteiger partial charge in [0.25, 0.3) is 0 Å². The van der Waals surface area contributed by atoms with E-state index in [2.05, 4.69) is 5.32 Å². The van der Waals surface area contributed by atoms with Crippen LogP contribution in [0.15, 0.2) is 24.3 Å². The number of amides is 2. The molecule has 0 aromatic heterocycles. The highest BCUT2D eigenvalue weighted by Gasteiger charge is 2.21. The molecule has 0 spiro atoms. The Labute approximate surface area is 111 Å². The number of hydrogen-bond donors (Lipinski definition) is 1. The van der Waals surface area contributed by atoms with E-state index in [0.29, 0.717) is 18.7 Å². The monoisotopic (exact) mass is 257 g/mol. The van der Waals surface area contributed by atoms with Gasteiger partial charge >= 0.3 is 0 Å². The number of carbonyl (C=O) groups is 2. The van der Waals surface area contributed by atoms with E-state index >= 15 is 0 Å². The molecule has 5 nitrogen and oxygen atoms in total. The van der Waals surface area contributed by atoms with E-state index in [4.69, 9.17) is 5.26 Å². The maximum atomic E-state index is 11.6. The topological polar surface area (TPSA) is 73.2 Å². The minimum Gasteiger partial charge on any atom is -0.338 e. The maximum Gasteiger partial charge on any atom is 0.238 e. The molecule has 1 aliphatic rings. The lowest BCUT2D eigenvalue weighted by molar-refractivity contribution is -0.128. The SMILES string of the molecule is N#CCC(=O)Nc1ccccc1CN1CCCC1=O. The molecule has 1 aliphatic heterocycles. The summed E-state index contributed by atoms with van der Waals surface area (Å²) in [5.74, 6) is -0.180. The predicted octanol–water partition coefficient (Wildman–Crippen LogP) is 1.66. The Kier molecular flexibility index (Phi) is 4.14. The lowest BCUT2D eigenvalue weighted by atomic mass is 10.1. The van der Waals surface area contributed by atoms with Crippen molar-refractivity contribution >= 4 is 17.5 Å². The second-order valence-electron chi connectivity index (χ2n) is 4.46. The lowest BCUT2D eigenvalue weighted by Gasteiger charge is -2.18. The molecule has 0 atom stereocenters. The van der Waals surface area contributed by atoms with Crippen LogP contribution in [-0.2, 0) is 16.1 Å². The Morgan fingerprint density at radius 1 is 1.42 bits per heavy atom. The van der Waals surface area contributed by atoms with E-state index in [1.165, 1.54) is 0 Å². The fraction of sp³-hybridized carbons (Fsp3) is 0.357. The molecule has 0 radical (unpaired) electrons. The molecule has 1 fully saturated rings. The first-order chi connectivity index (χ1) is 9.20. The zero-order chi connectivity index (χ0) is 13.7. The number of para-hydroxylation sites is 1. The number of benzene rings is 1. The normalized spacial score (nSPS) is 14.3. The molecule has 19 heavy (non-hydrogen) atoms. The van der Waals surface area contributed by atoms with Crippen molar-refractivity contribution in [1.29, 1.82) is 5.26 Å². The van der Waals surface area contributed by atoms with Crippen LogP contribution in [0.5, 0.6) is 0 Å². The largest absolute Gasteiger partial charge is 0.338 e. The van der Waals surface area contributed by atoms with Crippen LogP contribution in [0.2, 0.25) is 0 Å². The molecule has 1 N–H and O–H groups in total. The minimum atomic E-state index is -0.331. The molecular weight excluding hydrogens is 242 g/mol. The van der Waals surface area contributed by atoms with Crippen molar-refractivity contribution in [1.82, 2.24) is 4.90 Å². The molecule has 0 saturated carbocycles. The molecule has 0 bridgehead atoms. The van der Waals surface area contributed by atoms with Crippen molar-refractivity contribution in [2.24, 2.45) is 0 Å². The van der Waals surface area contributed by atoms with Gasteiger partial charge in [-0.1, -0.05) is 18.2 Å². The van der Waals surface area contributed by atoms with Crippen LogP contribution in [0.4, 0.5) is 5.69 Å². The Morgan fingerprint density at radius 2 is 2.21 bits per heavy atom. The summed E-state index contributed by atoms with van der Waals surface area (Å²) in [6.45, 7) is 1.27. The minimum absolute atomic E-state index is 0.151. The molecule has 1 aromatic rings. The first-order valence-corrected chi connectivity index (χ1v) is 6.23. The predicted molar refractivity (Wildman–Crippen MR) is 70.0 cm³/mol. The van der Waals surface area contributed by atoms with Gasteiger partial charge in [0.1, 0.15) is 6.42 Å². The summed E-state index contributed by atoms with van der Waals surface area (Å²) < 4.78 is 0. The lowest BCUT2D eigenvalue weighted by Crippen LogP contribution is -2.24. The highest BCUT2D eigenvalue weighted by molar-refractivity contribution is 5.92. The van der Waals surface area contributed by atoms with Gasteiger partial charge in [0.2, 0.25) is 11.8 Å². The number of likely N-dealkylation sites (tertiary alicyclic amines) is 1. The molecule has 1 aromatic carbocycles. The van der Waals surface area contributed by atoms with Crippen molar-refractivity contribution in [2.45, 2.75) is 25.8 Å². The van der Waals surface area contributed by atoms with Crippen molar-refractivity contribution in [3.05, 3.63) is 29.8 Å². The maximum absolute atomic E-state index is 11.6. The van der Waals surface area contributed by atoms with Crippen LogP contribution >= 0.6 is 0 Å². The molecule has 2 rings (SSSR count). The summed E-state index contributed by atoms with van der Waals surface area (Å²) in [5.41, 5.74) is 1.56. The molecule has 2 amide bonds. The van der Waals surface area contributed by atoms with E-state index in [1.54, 1.807) is 11.0 Å². The molecule has 0 aliphatic carbocycles. The van der Waals surface area contributed by atoms with Crippen molar-refractivity contribution < 1.29 is 9.59 Å². The van der Waals surface area contributed by atoms with E-state index < -0.39 is 0 Å². The van der Waals surface area contributed by atoms with Gasteiger partial charge in [-0.25, -0.2) is 0 Å². The molecule has 5 heteroatoms. The fourth-order valence-corrected chi connectivity index (χ4v) is 2.12. The Bertz CT molecular complexity index is 534. The summed E-state index contributed by atoms with van der Waals surface area (Å²) >= 11 is 0. The first-order valence-electron chi connectivity index (χ1n) is 6.23. The summed E-state index contributed by atoms with van der Waals surface area (Å²) in [7, 11) is 0. The third kappa shape index (κ3) is 3.32. The number of nitrogens with zero attached hydrogens (tertiary/aromatic N) is 2. The van der Waals surface area contributed by atoms with Crippen molar-refractivity contribution in [3.8, 4) is 6.07 Å². The van der Waals surface area contributed by atoms with Gasteiger partial charge in [0.15, 0.2) is 0 Å². The Balaban J connectivity index is 2.10. The van der Waals surface area contributed by atoms with Crippen molar-refractivity contribution in [2.75, 3.05) is 11.9 Å². The van der Waals surface area contributed by atoms with Crippen LogP contribution in [0, 0.1) is 11.3 Å². The quantitative estimate of drug-likeness (QED) is 0.891. The number of rotatable bonds is 4. The number of anilines is 1. The Hall–Kier alpha value is -2.35. The average Bonchev–Trinajstić information content (AvgIpc) is 2.78. The second-order valence-corrected chi connectivity index (χ2v) is 4.46. The van der Waals surface area contributed by atoms with E-state index in [1.807, 2.05) is 24.3 Å². The molecule has 0 unspecified atom stereocenters. The number of hydrogen-bond acceptors (Lipinski definition) is 3. The summed E-state index contributed by atoms with van der Waals surface area (Å²) in [5, 5.41) is 11.2.